The lowest BCUT2D eigenvalue weighted by molar-refractivity contribution is -0.137. The fourth-order valence-electron chi connectivity index (χ4n) is 1.76. The van der Waals surface area contributed by atoms with Crippen LogP contribution >= 0.6 is 0 Å². The molecule has 1 heterocycles. The van der Waals surface area contributed by atoms with Crippen LogP contribution in [0, 0.1) is 0 Å². The quantitative estimate of drug-likeness (QED) is 0.679. The molecule has 0 saturated carbocycles. The Labute approximate surface area is 118 Å². The smallest absolute Gasteiger partial charge is 0.398 e. The fourth-order valence-corrected chi connectivity index (χ4v) is 1.76. The average molecular weight is 301 g/mol. The first-order chi connectivity index (χ1) is 9.91. The van der Waals surface area contributed by atoms with Crippen molar-refractivity contribution in [3.63, 3.8) is 0 Å². The molecule has 0 aliphatic heterocycles. The molecule has 0 aliphatic carbocycles. The summed E-state index contributed by atoms with van der Waals surface area (Å²) in [6.45, 7) is 0.537. The first kappa shape index (κ1) is 15.3. The van der Waals surface area contributed by atoms with Crippen molar-refractivity contribution in [3.8, 4) is 11.5 Å². The maximum Gasteiger partial charge on any atom is 0.416 e. The number of anilines is 1. The number of halogens is 3. The van der Waals surface area contributed by atoms with E-state index in [0.29, 0.717) is 25.3 Å². The van der Waals surface area contributed by atoms with Gasteiger partial charge in [0.2, 0.25) is 0 Å². The standard InChI is InChI=1S/C13H14F3N3O2/c1-20-6-2-3-11-18-12(21-19-11)9-7-8(13(14,15)16)4-5-10(9)17/h4-5,7H,2-3,6,17H2,1H3. The summed E-state index contributed by atoms with van der Waals surface area (Å²) in [6, 6.07) is 2.99. The largest absolute Gasteiger partial charge is 0.416 e. The van der Waals surface area contributed by atoms with Crippen LogP contribution < -0.4 is 5.73 Å². The van der Waals surface area contributed by atoms with E-state index in [1.54, 1.807) is 7.11 Å². The van der Waals surface area contributed by atoms with E-state index < -0.39 is 11.7 Å². The van der Waals surface area contributed by atoms with Gasteiger partial charge in [-0.15, -0.1) is 0 Å². The topological polar surface area (TPSA) is 74.2 Å². The molecule has 0 amide bonds. The molecule has 1 aromatic heterocycles. The predicted octanol–water partition coefficient (Wildman–Crippen LogP) is 2.92. The normalized spacial score (nSPS) is 11.8. The van der Waals surface area contributed by atoms with Gasteiger partial charge in [-0.3, -0.25) is 0 Å². The second-order valence-corrected chi connectivity index (χ2v) is 4.41. The van der Waals surface area contributed by atoms with Crippen molar-refractivity contribution >= 4 is 5.69 Å². The van der Waals surface area contributed by atoms with Crippen LogP contribution in [0.2, 0.25) is 0 Å². The van der Waals surface area contributed by atoms with Gasteiger partial charge in [-0.05, 0) is 24.6 Å². The number of nitrogens with two attached hydrogens (primary N) is 1. The summed E-state index contributed by atoms with van der Waals surface area (Å²) in [7, 11) is 1.57. The van der Waals surface area contributed by atoms with Crippen LogP contribution in [0.3, 0.4) is 0 Å². The zero-order valence-electron chi connectivity index (χ0n) is 11.3. The molecule has 21 heavy (non-hydrogen) atoms. The minimum Gasteiger partial charge on any atom is -0.398 e. The second kappa shape index (κ2) is 6.13. The summed E-state index contributed by atoms with van der Waals surface area (Å²) in [5.74, 6) is 0.380. The van der Waals surface area contributed by atoms with Gasteiger partial charge >= 0.3 is 6.18 Å². The molecular formula is C13H14F3N3O2. The summed E-state index contributed by atoms with van der Waals surface area (Å²) < 4.78 is 48.0. The van der Waals surface area contributed by atoms with Crippen LogP contribution in [0.15, 0.2) is 22.7 Å². The maximum absolute atomic E-state index is 12.7. The molecule has 8 heteroatoms. The van der Waals surface area contributed by atoms with E-state index in [2.05, 4.69) is 10.1 Å². The van der Waals surface area contributed by atoms with E-state index in [4.69, 9.17) is 15.0 Å². The van der Waals surface area contributed by atoms with Crippen LogP contribution in [0.1, 0.15) is 17.8 Å². The Kier molecular flexibility index (Phi) is 4.46. The number of nitrogens with zero attached hydrogens (tertiary/aromatic N) is 2. The zero-order chi connectivity index (χ0) is 15.5. The molecule has 0 fully saturated rings. The highest BCUT2D eigenvalue weighted by Gasteiger charge is 2.31. The summed E-state index contributed by atoms with van der Waals surface area (Å²) in [4.78, 5) is 4.06. The number of rotatable bonds is 5. The first-order valence-corrected chi connectivity index (χ1v) is 6.20. The van der Waals surface area contributed by atoms with Crippen molar-refractivity contribution in [2.45, 2.75) is 19.0 Å². The summed E-state index contributed by atoms with van der Waals surface area (Å²) in [5.41, 5.74) is 5.09. The number of aryl methyl sites for hydroxylation is 1. The first-order valence-electron chi connectivity index (χ1n) is 6.20. The minimum absolute atomic E-state index is 0.0222. The molecule has 5 nitrogen and oxygen atoms in total. The van der Waals surface area contributed by atoms with E-state index in [1.807, 2.05) is 0 Å². The number of methoxy groups -OCH3 is 1. The van der Waals surface area contributed by atoms with Crippen molar-refractivity contribution in [2.24, 2.45) is 0 Å². The molecule has 0 saturated heterocycles. The molecule has 0 bridgehead atoms. The van der Waals surface area contributed by atoms with E-state index >= 15 is 0 Å². The Morgan fingerprint density at radius 1 is 1.33 bits per heavy atom. The molecule has 2 aromatic rings. The Hall–Kier alpha value is -2.09. The molecule has 0 unspecified atom stereocenters. The van der Waals surface area contributed by atoms with Crippen LogP contribution in [-0.2, 0) is 17.3 Å². The number of hydrogen-bond acceptors (Lipinski definition) is 5. The van der Waals surface area contributed by atoms with Crippen LogP contribution in [0.4, 0.5) is 18.9 Å². The SMILES string of the molecule is COCCCc1noc(-c2cc(C(F)(F)F)ccc2N)n1. The monoisotopic (exact) mass is 301 g/mol. The zero-order valence-corrected chi connectivity index (χ0v) is 11.3. The maximum atomic E-state index is 12.7. The third-order valence-corrected chi connectivity index (χ3v) is 2.83. The van der Waals surface area contributed by atoms with Gasteiger partial charge in [0.15, 0.2) is 5.82 Å². The van der Waals surface area contributed by atoms with Crippen LogP contribution in [0.5, 0.6) is 0 Å². The number of aromatic nitrogens is 2. The lowest BCUT2D eigenvalue weighted by Crippen LogP contribution is -2.05. The predicted molar refractivity (Wildman–Crippen MR) is 69.3 cm³/mol. The lowest BCUT2D eigenvalue weighted by Gasteiger charge is -2.08. The fraction of sp³-hybridized carbons (Fsp3) is 0.385. The van der Waals surface area contributed by atoms with E-state index in [-0.39, 0.29) is 17.1 Å². The van der Waals surface area contributed by atoms with Crippen molar-refractivity contribution in [3.05, 3.63) is 29.6 Å². The third kappa shape index (κ3) is 3.72. The molecule has 1 aromatic carbocycles. The molecule has 0 radical (unpaired) electrons. The Balaban J connectivity index is 2.25. The van der Waals surface area contributed by atoms with Crippen LogP contribution in [0.25, 0.3) is 11.5 Å². The average Bonchev–Trinajstić information content (AvgIpc) is 2.87. The molecule has 2 rings (SSSR count). The van der Waals surface area contributed by atoms with Gasteiger partial charge in [-0.2, -0.15) is 18.2 Å². The van der Waals surface area contributed by atoms with Crippen molar-refractivity contribution in [1.82, 2.24) is 10.1 Å². The molecule has 0 spiro atoms. The Bertz CT molecular complexity index is 611. The van der Waals surface area contributed by atoms with Crippen LogP contribution in [-0.4, -0.2) is 23.9 Å². The second-order valence-electron chi connectivity index (χ2n) is 4.41. The molecule has 114 valence electrons. The van der Waals surface area contributed by atoms with Gasteiger partial charge in [-0.1, -0.05) is 5.16 Å². The minimum atomic E-state index is -4.45. The highest BCUT2D eigenvalue weighted by Crippen LogP contribution is 2.34. The van der Waals surface area contributed by atoms with E-state index in [9.17, 15) is 13.2 Å². The lowest BCUT2D eigenvalue weighted by atomic mass is 10.1. The Morgan fingerprint density at radius 3 is 2.76 bits per heavy atom. The van der Waals surface area contributed by atoms with Crippen molar-refractivity contribution in [2.75, 3.05) is 19.5 Å². The Morgan fingerprint density at radius 2 is 2.10 bits per heavy atom. The van der Waals surface area contributed by atoms with Crippen molar-refractivity contribution in [1.29, 1.82) is 0 Å². The highest BCUT2D eigenvalue weighted by molar-refractivity contribution is 5.71. The third-order valence-electron chi connectivity index (χ3n) is 2.83. The van der Waals surface area contributed by atoms with Gasteiger partial charge in [0.1, 0.15) is 0 Å². The number of hydrogen-bond donors (Lipinski definition) is 1. The molecule has 2 N–H and O–H groups in total. The summed E-state index contributed by atoms with van der Waals surface area (Å²) >= 11 is 0. The molecular weight excluding hydrogens is 287 g/mol. The van der Waals surface area contributed by atoms with Gasteiger partial charge in [0, 0.05) is 25.8 Å². The van der Waals surface area contributed by atoms with Gasteiger partial charge < -0.3 is 15.0 Å². The van der Waals surface area contributed by atoms with Gasteiger partial charge in [0.05, 0.1) is 11.1 Å². The summed E-state index contributed by atoms with van der Waals surface area (Å²) in [5, 5.41) is 3.72. The van der Waals surface area contributed by atoms with E-state index in [0.717, 1.165) is 12.1 Å². The van der Waals surface area contributed by atoms with Crippen molar-refractivity contribution < 1.29 is 22.4 Å². The highest BCUT2D eigenvalue weighted by atomic mass is 19.4. The number of benzene rings is 1. The summed E-state index contributed by atoms with van der Waals surface area (Å²) in [6.07, 6.45) is -3.26. The number of nitrogen functional groups attached to an aromatic ring is 1. The number of alkyl halides is 3. The van der Waals surface area contributed by atoms with Gasteiger partial charge in [-0.25, -0.2) is 0 Å². The molecule has 0 aliphatic rings. The molecule has 0 atom stereocenters. The van der Waals surface area contributed by atoms with E-state index in [1.165, 1.54) is 6.07 Å². The number of ether oxygens (including phenoxy) is 1. The van der Waals surface area contributed by atoms with Gasteiger partial charge in [0.25, 0.3) is 5.89 Å².